The van der Waals surface area contributed by atoms with Crippen LogP contribution in [0.5, 0.6) is 0 Å². The van der Waals surface area contributed by atoms with E-state index in [0.29, 0.717) is 6.54 Å². The number of carbonyl (C=O) groups excluding carboxylic acids is 1. The SMILES string of the molecule is Br.N=c1c(C(N)=O)cccn1Cc1cccc(-c2ccccc2)c1. The van der Waals surface area contributed by atoms with Crippen LogP contribution in [0, 0.1) is 5.41 Å². The Labute approximate surface area is 150 Å². The minimum absolute atomic E-state index is 0. The summed E-state index contributed by atoms with van der Waals surface area (Å²) in [7, 11) is 0. The molecule has 3 aromatic rings. The monoisotopic (exact) mass is 383 g/mol. The second kappa shape index (κ2) is 7.75. The minimum atomic E-state index is -0.581. The average Bonchev–Trinajstić information content (AvgIpc) is 2.57. The molecule has 1 amide bonds. The number of pyridine rings is 1. The Hall–Kier alpha value is -2.66. The van der Waals surface area contributed by atoms with Gasteiger partial charge in [0.25, 0.3) is 5.91 Å². The minimum Gasteiger partial charge on any atom is -0.365 e. The number of nitrogens with two attached hydrogens (primary N) is 1. The Bertz CT molecular complexity index is 904. The molecule has 0 radical (unpaired) electrons. The zero-order valence-corrected chi connectivity index (χ0v) is 14.7. The van der Waals surface area contributed by atoms with Crippen LogP contribution in [0.15, 0.2) is 72.9 Å². The molecule has 0 aliphatic rings. The lowest BCUT2D eigenvalue weighted by atomic mass is 10.0. The number of hydrogen-bond donors (Lipinski definition) is 2. The largest absolute Gasteiger partial charge is 0.365 e. The van der Waals surface area contributed by atoms with Crippen molar-refractivity contribution in [2.75, 3.05) is 0 Å². The quantitative estimate of drug-likeness (QED) is 0.712. The van der Waals surface area contributed by atoms with Gasteiger partial charge in [0.05, 0.1) is 5.56 Å². The number of primary amides is 1. The predicted octanol–water partition coefficient (Wildman–Crippen LogP) is 3.36. The molecule has 0 unspecified atom stereocenters. The van der Waals surface area contributed by atoms with Crippen molar-refractivity contribution in [1.82, 2.24) is 4.57 Å². The van der Waals surface area contributed by atoms with Crippen LogP contribution in [0.1, 0.15) is 15.9 Å². The summed E-state index contributed by atoms with van der Waals surface area (Å²) in [5, 5.41) is 8.11. The number of nitrogens with one attached hydrogen (secondary N) is 1. The van der Waals surface area contributed by atoms with Crippen LogP contribution in [0.4, 0.5) is 0 Å². The second-order valence-corrected chi connectivity index (χ2v) is 5.33. The van der Waals surface area contributed by atoms with E-state index in [9.17, 15) is 4.79 Å². The molecule has 0 saturated carbocycles. The topological polar surface area (TPSA) is 71.9 Å². The molecule has 0 aliphatic heterocycles. The Morgan fingerprint density at radius 1 is 0.958 bits per heavy atom. The predicted molar refractivity (Wildman–Crippen MR) is 100 cm³/mol. The molecule has 0 saturated heterocycles. The molecule has 122 valence electrons. The first-order valence-corrected chi connectivity index (χ1v) is 7.33. The molecular weight excluding hydrogens is 366 g/mol. The first-order chi connectivity index (χ1) is 11.1. The molecule has 24 heavy (non-hydrogen) atoms. The van der Waals surface area contributed by atoms with Gasteiger partial charge in [0, 0.05) is 12.7 Å². The first-order valence-electron chi connectivity index (χ1n) is 7.33. The normalized spacial score (nSPS) is 10.0. The summed E-state index contributed by atoms with van der Waals surface area (Å²) in [6.07, 6.45) is 1.78. The number of halogens is 1. The molecule has 0 aliphatic carbocycles. The highest BCUT2D eigenvalue weighted by Gasteiger charge is 2.06. The lowest BCUT2D eigenvalue weighted by Crippen LogP contribution is -2.29. The van der Waals surface area contributed by atoms with Crippen LogP contribution in [-0.4, -0.2) is 10.5 Å². The maximum atomic E-state index is 11.4. The second-order valence-electron chi connectivity index (χ2n) is 5.33. The van der Waals surface area contributed by atoms with Gasteiger partial charge in [-0.1, -0.05) is 48.5 Å². The summed E-state index contributed by atoms with van der Waals surface area (Å²) in [6, 6.07) is 21.6. The summed E-state index contributed by atoms with van der Waals surface area (Å²) < 4.78 is 1.71. The van der Waals surface area contributed by atoms with Crippen molar-refractivity contribution in [2.24, 2.45) is 5.73 Å². The van der Waals surface area contributed by atoms with Crippen molar-refractivity contribution in [3.8, 4) is 11.1 Å². The van der Waals surface area contributed by atoms with E-state index in [2.05, 4.69) is 24.3 Å². The van der Waals surface area contributed by atoms with Crippen LogP contribution in [0.3, 0.4) is 0 Å². The van der Waals surface area contributed by atoms with Gasteiger partial charge in [0.15, 0.2) is 0 Å². The number of hydrogen-bond acceptors (Lipinski definition) is 2. The molecular formula is C19H18BrN3O. The van der Waals surface area contributed by atoms with E-state index >= 15 is 0 Å². The van der Waals surface area contributed by atoms with Gasteiger partial charge in [-0.25, -0.2) is 0 Å². The maximum Gasteiger partial charge on any atom is 0.252 e. The van der Waals surface area contributed by atoms with Gasteiger partial charge in [0.2, 0.25) is 0 Å². The van der Waals surface area contributed by atoms with E-state index in [4.69, 9.17) is 11.1 Å². The van der Waals surface area contributed by atoms with Crippen molar-refractivity contribution in [1.29, 1.82) is 5.41 Å². The summed E-state index contributed by atoms with van der Waals surface area (Å²) in [5.41, 5.74) is 9.00. The van der Waals surface area contributed by atoms with Crippen molar-refractivity contribution >= 4 is 22.9 Å². The van der Waals surface area contributed by atoms with Crippen LogP contribution in [-0.2, 0) is 6.54 Å². The number of carbonyl (C=O) groups is 1. The molecule has 0 atom stereocenters. The number of aromatic nitrogens is 1. The molecule has 1 aromatic heterocycles. The fourth-order valence-corrected chi connectivity index (χ4v) is 2.56. The van der Waals surface area contributed by atoms with Crippen LogP contribution < -0.4 is 11.2 Å². The van der Waals surface area contributed by atoms with Crippen molar-refractivity contribution in [2.45, 2.75) is 6.54 Å². The van der Waals surface area contributed by atoms with Gasteiger partial charge in [-0.3, -0.25) is 10.2 Å². The van der Waals surface area contributed by atoms with Gasteiger partial charge in [-0.2, -0.15) is 0 Å². The Balaban J connectivity index is 0.00000208. The van der Waals surface area contributed by atoms with E-state index in [1.165, 1.54) is 0 Å². The standard InChI is InChI=1S/C19H17N3O.BrH/c20-18-17(19(21)23)10-5-11-22(18)13-14-6-4-9-16(12-14)15-7-2-1-3-8-15;/h1-12,20H,13H2,(H2,21,23);1H. The molecule has 2 aromatic carbocycles. The lowest BCUT2D eigenvalue weighted by Gasteiger charge is -2.10. The highest BCUT2D eigenvalue weighted by atomic mass is 79.9. The number of rotatable bonds is 4. The van der Waals surface area contributed by atoms with Crippen molar-refractivity contribution in [3.63, 3.8) is 0 Å². The van der Waals surface area contributed by atoms with Gasteiger partial charge in [-0.05, 0) is 34.9 Å². The first kappa shape index (κ1) is 17.7. The molecule has 5 heteroatoms. The fourth-order valence-electron chi connectivity index (χ4n) is 2.56. The summed E-state index contributed by atoms with van der Waals surface area (Å²) in [4.78, 5) is 11.4. The molecule has 1 heterocycles. The van der Waals surface area contributed by atoms with E-state index in [1.807, 2.05) is 30.3 Å². The third-order valence-corrected chi connectivity index (χ3v) is 3.72. The summed E-state index contributed by atoms with van der Waals surface area (Å²) in [5.74, 6) is -0.581. The van der Waals surface area contributed by atoms with Gasteiger partial charge in [0.1, 0.15) is 5.49 Å². The number of benzene rings is 2. The Kier molecular flexibility index (Phi) is 5.71. The Morgan fingerprint density at radius 3 is 2.38 bits per heavy atom. The van der Waals surface area contributed by atoms with Crippen LogP contribution in [0.25, 0.3) is 11.1 Å². The lowest BCUT2D eigenvalue weighted by molar-refractivity contribution is 0.0998. The fraction of sp³-hybridized carbons (Fsp3) is 0.0526. The zero-order chi connectivity index (χ0) is 16.2. The number of nitrogens with zero attached hydrogens (tertiary/aromatic N) is 1. The molecule has 3 N–H and O–H groups in total. The molecule has 3 rings (SSSR count). The van der Waals surface area contributed by atoms with Crippen LogP contribution in [0.2, 0.25) is 0 Å². The van der Waals surface area contributed by atoms with Gasteiger partial charge < -0.3 is 10.3 Å². The van der Waals surface area contributed by atoms with Gasteiger partial charge >= 0.3 is 0 Å². The van der Waals surface area contributed by atoms with E-state index in [0.717, 1.165) is 16.7 Å². The Morgan fingerprint density at radius 2 is 1.67 bits per heavy atom. The highest BCUT2D eigenvalue weighted by Crippen LogP contribution is 2.20. The average molecular weight is 384 g/mol. The third-order valence-electron chi connectivity index (χ3n) is 3.72. The highest BCUT2D eigenvalue weighted by molar-refractivity contribution is 8.93. The molecule has 0 spiro atoms. The van der Waals surface area contributed by atoms with Crippen LogP contribution >= 0.6 is 17.0 Å². The number of amides is 1. The molecule has 0 fully saturated rings. The third kappa shape index (κ3) is 3.81. The summed E-state index contributed by atoms with van der Waals surface area (Å²) in [6.45, 7) is 0.515. The van der Waals surface area contributed by atoms with E-state index in [-0.39, 0.29) is 28.0 Å². The van der Waals surface area contributed by atoms with E-state index in [1.54, 1.807) is 22.9 Å². The maximum absolute atomic E-state index is 11.4. The van der Waals surface area contributed by atoms with Crippen molar-refractivity contribution in [3.05, 3.63) is 89.5 Å². The van der Waals surface area contributed by atoms with E-state index < -0.39 is 5.91 Å². The zero-order valence-electron chi connectivity index (χ0n) is 13.0. The van der Waals surface area contributed by atoms with Crippen molar-refractivity contribution < 1.29 is 4.79 Å². The van der Waals surface area contributed by atoms with Gasteiger partial charge in [-0.15, -0.1) is 17.0 Å². The molecule has 0 bridgehead atoms. The smallest absolute Gasteiger partial charge is 0.252 e. The summed E-state index contributed by atoms with van der Waals surface area (Å²) >= 11 is 0. The molecule has 4 nitrogen and oxygen atoms in total.